The molecule has 2 aromatic rings. The molecule has 7 heteroatoms. The molecule has 0 unspecified atom stereocenters. The number of rotatable bonds is 4. The lowest BCUT2D eigenvalue weighted by Crippen LogP contribution is -2.04. The number of hydrogen-bond acceptors (Lipinski definition) is 5. The van der Waals surface area contributed by atoms with Gasteiger partial charge < -0.3 is 5.32 Å². The summed E-state index contributed by atoms with van der Waals surface area (Å²) in [5.74, 6) is 0.533. The van der Waals surface area contributed by atoms with Crippen molar-refractivity contribution in [2.24, 2.45) is 5.92 Å². The minimum Gasteiger partial charge on any atom is -0.342 e. The molecule has 0 aliphatic heterocycles. The first kappa shape index (κ1) is 12.9. The summed E-state index contributed by atoms with van der Waals surface area (Å²) in [5, 5.41) is 17.2. The molecule has 0 aliphatic rings. The molecular formula is C11H12ClN5S. The summed E-state index contributed by atoms with van der Waals surface area (Å²) in [6, 6.07) is 2.03. The number of nitriles is 1. The van der Waals surface area contributed by atoms with Crippen molar-refractivity contribution in [3.05, 3.63) is 23.1 Å². The molecule has 0 spiro atoms. The maximum Gasteiger partial charge on any atom is 0.162 e. The van der Waals surface area contributed by atoms with E-state index < -0.39 is 0 Å². The van der Waals surface area contributed by atoms with Gasteiger partial charge in [-0.2, -0.15) is 14.7 Å². The first-order chi connectivity index (χ1) is 8.60. The van der Waals surface area contributed by atoms with Crippen molar-refractivity contribution < 1.29 is 0 Å². The minimum absolute atomic E-state index is 0.236. The summed E-state index contributed by atoms with van der Waals surface area (Å²) >= 11 is 6.97. The maximum absolute atomic E-state index is 8.96. The van der Waals surface area contributed by atoms with E-state index >= 15 is 0 Å². The van der Waals surface area contributed by atoms with Crippen molar-refractivity contribution in [2.75, 3.05) is 5.32 Å². The zero-order valence-electron chi connectivity index (χ0n) is 10.0. The third kappa shape index (κ3) is 2.81. The van der Waals surface area contributed by atoms with E-state index in [1.54, 1.807) is 6.20 Å². The van der Waals surface area contributed by atoms with Crippen LogP contribution in [0.1, 0.15) is 19.4 Å². The summed E-state index contributed by atoms with van der Waals surface area (Å²) in [5.41, 5.74) is 1.20. The fourth-order valence-corrected chi connectivity index (χ4v) is 2.44. The van der Waals surface area contributed by atoms with Crippen molar-refractivity contribution in [3.8, 4) is 6.07 Å². The smallest absolute Gasteiger partial charge is 0.162 e. The Morgan fingerprint density at radius 1 is 1.61 bits per heavy atom. The largest absolute Gasteiger partial charge is 0.342 e. The number of nitrogens with one attached hydrogen (secondary N) is 1. The zero-order valence-corrected chi connectivity index (χ0v) is 11.6. The van der Waals surface area contributed by atoms with Crippen LogP contribution in [0.3, 0.4) is 0 Å². The molecule has 0 fully saturated rings. The van der Waals surface area contributed by atoms with Crippen molar-refractivity contribution in [1.29, 1.82) is 5.26 Å². The quantitative estimate of drug-likeness (QED) is 0.934. The highest BCUT2D eigenvalue weighted by Crippen LogP contribution is 2.30. The van der Waals surface area contributed by atoms with Gasteiger partial charge in [0.05, 0.1) is 11.9 Å². The summed E-state index contributed by atoms with van der Waals surface area (Å²) < 4.78 is 5.80. The van der Waals surface area contributed by atoms with Crippen LogP contribution in [0.25, 0.3) is 0 Å². The fraction of sp³-hybridized carbons (Fsp3) is 0.364. The number of nitrogens with zero attached hydrogens (tertiary/aromatic N) is 4. The molecule has 0 aromatic carbocycles. The molecule has 0 aliphatic carbocycles. The number of hydrogen-bond donors (Lipinski definition) is 1. The van der Waals surface area contributed by atoms with Crippen LogP contribution in [-0.4, -0.2) is 14.2 Å². The van der Waals surface area contributed by atoms with E-state index in [1.807, 2.05) is 16.9 Å². The second-order valence-corrected chi connectivity index (χ2v) is 5.39. The Labute approximate surface area is 114 Å². The molecule has 0 atom stereocenters. The first-order valence-electron chi connectivity index (χ1n) is 5.45. The highest BCUT2D eigenvalue weighted by atomic mass is 35.5. The van der Waals surface area contributed by atoms with Crippen molar-refractivity contribution in [3.63, 3.8) is 0 Å². The van der Waals surface area contributed by atoms with Gasteiger partial charge in [0.2, 0.25) is 0 Å². The molecule has 94 valence electrons. The first-order valence-corrected chi connectivity index (χ1v) is 6.60. The Kier molecular flexibility index (Phi) is 3.84. The SMILES string of the molecule is CC(C)Cn1cc(Nc2snc(Cl)c2C#N)cn1. The topological polar surface area (TPSA) is 66.5 Å². The van der Waals surface area contributed by atoms with Crippen LogP contribution >= 0.6 is 23.1 Å². The van der Waals surface area contributed by atoms with Gasteiger partial charge in [0, 0.05) is 12.7 Å². The van der Waals surface area contributed by atoms with Crippen LogP contribution in [0.15, 0.2) is 12.4 Å². The maximum atomic E-state index is 8.96. The summed E-state index contributed by atoms with van der Waals surface area (Å²) in [4.78, 5) is 0. The standard InChI is InChI=1S/C11H12ClN5S/c1-7(2)5-17-6-8(4-14-17)15-11-9(3-13)10(12)16-18-11/h4,6-7,15H,5H2,1-2H3. The van der Waals surface area contributed by atoms with E-state index in [0.29, 0.717) is 16.5 Å². The van der Waals surface area contributed by atoms with E-state index in [2.05, 4.69) is 28.6 Å². The zero-order chi connectivity index (χ0) is 13.1. The lowest BCUT2D eigenvalue weighted by Gasteiger charge is -2.03. The Morgan fingerprint density at radius 3 is 3.06 bits per heavy atom. The second-order valence-electron chi connectivity index (χ2n) is 4.26. The van der Waals surface area contributed by atoms with E-state index in [-0.39, 0.29) is 5.15 Å². The lowest BCUT2D eigenvalue weighted by molar-refractivity contribution is 0.483. The van der Waals surface area contributed by atoms with Gasteiger partial charge >= 0.3 is 0 Å². The highest BCUT2D eigenvalue weighted by Gasteiger charge is 2.12. The van der Waals surface area contributed by atoms with E-state index in [4.69, 9.17) is 16.9 Å². The molecule has 2 aromatic heterocycles. The predicted octanol–water partition coefficient (Wildman–Crippen LogP) is 3.26. The van der Waals surface area contributed by atoms with Crippen LogP contribution in [-0.2, 0) is 6.54 Å². The average Bonchev–Trinajstić information content (AvgIpc) is 2.86. The van der Waals surface area contributed by atoms with Crippen molar-refractivity contribution in [1.82, 2.24) is 14.2 Å². The number of halogens is 1. The van der Waals surface area contributed by atoms with Crippen LogP contribution in [0.5, 0.6) is 0 Å². The summed E-state index contributed by atoms with van der Waals surface area (Å²) in [7, 11) is 0. The van der Waals surface area contributed by atoms with Crippen LogP contribution in [0.2, 0.25) is 5.15 Å². The Bertz CT molecular complexity index is 581. The number of aromatic nitrogens is 3. The van der Waals surface area contributed by atoms with Crippen molar-refractivity contribution >= 4 is 33.8 Å². The summed E-state index contributed by atoms with van der Waals surface area (Å²) in [6.07, 6.45) is 3.62. The van der Waals surface area contributed by atoms with Crippen LogP contribution in [0, 0.1) is 17.2 Å². The average molecular weight is 282 g/mol. The van der Waals surface area contributed by atoms with E-state index in [9.17, 15) is 0 Å². The third-order valence-corrected chi connectivity index (χ3v) is 3.34. The molecule has 1 N–H and O–H groups in total. The van der Waals surface area contributed by atoms with Gasteiger partial charge in [0.1, 0.15) is 16.6 Å². The fourth-order valence-electron chi connectivity index (χ4n) is 1.49. The Hall–Kier alpha value is -1.58. The van der Waals surface area contributed by atoms with Gasteiger partial charge in [0.25, 0.3) is 0 Å². The predicted molar refractivity (Wildman–Crippen MR) is 72.2 cm³/mol. The van der Waals surface area contributed by atoms with Gasteiger partial charge in [-0.15, -0.1) is 0 Å². The summed E-state index contributed by atoms with van der Waals surface area (Å²) in [6.45, 7) is 5.12. The molecule has 0 saturated heterocycles. The third-order valence-electron chi connectivity index (χ3n) is 2.21. The van der Waals surface area contributed by atoms with Crippen molar-refractivity contribution in [2.45, 2.75) is 20.4 Å². The van der Waals surface area contributed by atoms with Gasteiger partial charge in [-0.05, 0) is 17.5 Å². The molecule has 0 radical (unpaired) electrons. The molecule has 0 amide bonds. The van der Waals surface area contributed by atoms with Gasteiger partial charge in [-0.3, -0.25) is 4.68 Å². The monoisotopic (exact) mass is 281 g/mol. The normalized spacial score (nSPS) is 10.6. The minimum atomic E-state index is 0.236. The van der Waals surface area contributed by atoms with Crippen LogP contribution < -0.4 is 5.32 Å². The molecule has 0 bridgehead atoms. The van der Waals surface area contributed by atoms with Gasteiger partial charge in [-0.1, -0.05) is 25.4 Å². The number of anilines is 2. The Balaban J connectivity index is 2.14. The van der Waals surface area contributed by atoms with Gasteiger partial charge in [0.15, 0.2) is 5.15 Å². The molecular weight excluding hydrogens is 270 g/mol. The van der Waals surface area contributed by atoms with E-state index in [1.165, 1.54) is 11.5 Å². The Morgan fingerprint density at radius 2 is 2.39 bits per heavy atom. The lowest BCUT2D eigenvalue weighted by atomic mass is 10.2. The molecule has 2 heterocycles. The highest BCUT2D eigenvalue weighted by molar-refractivity contribution is 7.10. The van der Waals surface area contributed by atoms with Crippen LogP contribution in [0.4, 0.5) is 10.7 Å². The molecule has 18 heavy (non-hydrogen) atoms. The second kappa shape index (κ2) is 5.38. The molecule has 0 saturated carbocycles. The van der Waals surface area contributed by atoms with E-state index in [0.717, 1.165) is 12.2 Å². The van der Waals surface area contributed by atoms with Gasteiger partial charge in [-0.25, -0.2) is 0 Å². The molecule has 5 nitrogen and oxygen atoms in total. The molecule has 2 rings (SSSR count).